The van der Waals surface area contributed by atoms with Gasteiger partial charge in [-0.15, -0.1) is 11.3 Å². The topological polar surface area (TPSA) is 49.4 Å². The van der Waals surface area contributed by atoms with Gasteiger partial charge in [0.15, 0.2) is 0 Å². The van der Waals surface area contributed by atoms with Gasteiger partial charge in [-0.2, -0.15) is 0 Å². The van der Waals surface area contributed by atoms with Gasteiger partial charge in [-0.25, -0.2) is 0 Å². The average Bonchev–Trinajstić information content (AvgIpc) is 3.10. The Bertz CT molecular complexity index is 728. The number of fused-ring (bicyclic) bond motifs is 1. The largest absolute Gasteiger partial charge is 0.344 e. The molecule has 2 aromatic rings. The van der Waals surface area contributed by atoms with E-state index in [0.29, 0.717) is 30.6 Å². The highest BCUT2D eigenvalue weighted by molar-refractivity contribution is 7.17. The lowest BCUT2D eigenvalue weighted by Crippen LogP contribution is -2.41. The molecule has 0 radical (unpaired) electrons. The Kier molecular flexibility index (Phi) is 4.36. The van der Waals surface area contributed by atoms with Crippen molar-refractivity contribution in [1.82, 2.24) is 10.2 Å². The first kappa shape index (κ1) is 15.3. The number of halogens is 1. The fourth-order valence-corrected chi connectivity index (χ4v) is 3.82. The third-order valence-corrected chi connectivity index (χ3v) is 5.21. The zero-order chi connectivity index (χ0) is 15.7. The Morgan fingerprint density at radius 1 is 1.45 bits per heavy atom. The molecule has 1 aliphatic heterocycles. The lowest BCUT2D eigenvalue weighted by atomic mass is 10.2. The highest BCUT2D eigenvalue weighted by Crippen LogP contribution is 2.28. The van der Waals surface area contributed by atoms with Crippen LogP contribution >= 0.6 is 22.9 Å². The fraction of sp³-hybridized carbons (Fsp3) is 0.375. The number of thiophene rings is 1. The molecule has 1 unspecified atom stereocenters. The van der Waals surface area contributed by atoms with Crippen LogP contribution in [0.1, 0.15) is 18.9 Å². The van der Waals surface area contributed by atoms with Gasteiger partial charge in [0.25, 0.3) is 0 Å². The molecule has 0 aliphatic carbocycles. The normalized spacial score (nSPS) is 17.9. The van der Waals surface area contributed by atoms with Crippen LogP contribution in [-0.4, -0.2) is 29.8 Å². The Labute approximate surface area is 138 Å². The molecule has 0 spiro atoms. The van der Waals surface area contributed by atoms with Crippen molar-refractivity contribution in [1.29, 1.82) is 0 Å². The molecule has 0 saturated carbocycles. The summed E-state index contributed by atoms with van der Waals surface area (Å²) in [7, 11) is 0. The average molecular weight is 337 g/mol. The van der Waals surface area contributed by atoms with E-state index in [9.17, 15) is 9.59 Å². The lowest BCUT2D eigenvalue weighted by Gasteiger charge is -2.15. The van der Waals surface area contributed by atoms with Gasteiger partial charge in [0.1, 0.15) is 0 Å². The summed E-state index contributed by atoms with van der Waals surface area (Å²) >= 11 is 7.62. The van der Waals surface area contributed by atoms with E-state index in [1.165, 1.54) is 0 Å². The SMILES string of the molecule is CC1CCN(C(=O)C(=O)NCc2csc3ccc(Cl)cc23)C1. The second-order valence-corrected chi connectivity index (χ2v) is 7.08. The van der Waals surface area contributed by atoms with Crippen LogP contribution in [0.4, 0.5) is 0 Å². The molecule has 1 aliphatic rings. The van der Waals surface area contributed by atoms with E-state index in [1.54, 1.807) is 16.2 Å². The number of carbonyl (C=O) groups excluding carboxylic acids is 2. The maximum absolute atomic E-state index is 12.1. The molecule has 1 saturated heterocycles. The Balaban J connectivity index is 1.65. The Hall–Kier alpha value is -1.59. The summed E-state index contributed by atoms with van der Waals surface area (Å²) < 4.78 is 1.12. The van der Waals surface area contributed by atoms with Crippen LogP contribution in [0.3, 0.4) is 0 Å². The zero-order valence-electron chi connectivity index (χ0n) is 12.3. The summed E-state index contributed by atoms with van der Waals surface area (Å²) in [6, 6.07) is 5.70. The maximum atomic E-state index is 12.1. The molecule has 116 valence electrons. The second kappa shape index (κ2) is 6.26. The standard InChI is InChI=1S/C16H17ClN2O2S/c1-10-4-5-19(8-10)16(21)15(20)18-7-11-9-22-14-3-2-12(17)6-13(11)14/h2-3,6,9-10H,4-5,7-8H2,1H3,(H,18,20). The number of amides is 2. The van der Waals surface area contributed by atoms with Crippen molar-refractivity contribution in [3.63, 3.8) is 0 Å². The summed E-state index contributed by atoms with van der Waals surface area (Å²) in [6.45, 7) is 3.77. The van der Waals surface area contributed by atoms with Gasteiger partial charge < -0.3 is 10.2 Å². The first-order valence-electron chi connectivity index (χ1n) is 7.27. The number of likely N-dealkylation sites (tertiary alicyclic amines) is 1. The van der Waals surface area contributed by atoms with Gasteiger partial charge in [-0.3, -0.25) is 9.59 Å². The minimum atomic E-state index is -0.532. The van der Waals surface area contributed by atoms with E-state index in [0.717, 1.165) is 22.1 Å². The summed E-state index contributed by atoms with van der Waals surface area (Å²) in [5, 5.41) is 6.41. The number of rotatable bonds is 2. The minimum Gasteiger partial charge on any atom is -0.344 e. The zero-order valence-corrected chi connectivity index (χ0v) is 13.8. The van der Waals surface area contributed by atoms with Crippen molar-refractivity contribution in [2.75, 3.05) is 13.1 Å². The highest BCUT2D eigenvalue weighted by atomic mass is 35.5. The van der Waals surface area contributed by atoms with Gasteiger partial charge in [-0.1, -0.05) is 18.5 Å². The third-order valence-electron chi connectivity index (χ3n) is 3.96. The summed E-state index contributed by atoms with van der Waals surface area (Å²) in [4.78, 5) is 25.7. The van der Waals surface area contributed by atoms with Crippen molar-refractivity contribution in [3.05, 3.63) is 34.2 Å². The number of nitrogens with zero attached hydrogens (tertiary/aromatic N) is 1. The van der Waals surface area contributed by atoms with Gasteiger partial charge in [-0.05, 0) is 46.9 Å². The molecule has 0 bridgehead atoms. The minimum absolute atomic E-state index is 0.342. The van der Waals surface area contributed by atoms with E-state index in [-0.39, 0.29) is 0 Å². The predicted octanol–water partition coefficient (Wildman–Crippen LogP) is 3.04. The Morgan fingerprint density at radius 3 is 3.00 bits per heavy atom. The van der Waals surface area contributed by atoms with Gasteiger partial charge >= 0.3 is 11.8 Å². The van der Waals surface area contributed by atoms with Crippen molar-refractivity contribution >= 4 is 44.8 Å². The molecule has 6 heteroatoms. The lowest BCUT2D eigenvalue weighted by molar-refractivity contribution is -0.145. The van der Waals surface area contributed by atoms with Crippen molar-refractivity contribution in [3.8, 4) is 0 Å². The van der Waals surface area contributed by atoms with E-state index >= 15 is 0 Å². The molecule has 2 heterocycles. The van der Waals surface area contributed by atoms with Gasteiger partial charge in [0.05, 0.1) is 0 Å². The summed E-state index contributed by atoms with van der Waals surface area (Å²) in [6.07, 6.45) is 0.965. The first-order valence-corrected chi connectivity index (χ1v) is 8.53. The quantitative estimate of drug-likeness (QED) is 0.857. The molecule has 1 atom stereocenters. The summed E-state index contributed by atoms with van der Waals surface area (Å²) in [5.41, 5.74) is 0.985. The molecule has 4 nitrogen and oxygen atoms in total. The van der Waals surface area contributed by atoms with Crippen molar-refractivity contribution in [2.24, 2.45) is 5.92 Å². The van der Waals surface area contributed by atoms with Crippen LogP contribution < -0.4 is 5.32 Å². The molecule has 3 rings (SSSR count). The maximum Gasteiger partial charge on any atom is 0.311 e. The molecule has 1 fully saturated rings. The number of hydrogen-bond donors (Lipinski definition) is 1. The van der Waals surface area contributed by atoms with Gasteiger partial charge in [0, 0.05) is 29.4 Å². The number of carbonyl (C=O) groups is 2. The number of benzene rings is 1. The van der Waals surface area contributed by atoms with Crippen LogP contribution in [-0.2, 0) is 16.1 Å². The van der Waals surface area contributed by atoms with Crippen LogP contribution in [0.15, 0.2) is 23.6 Å². The third kappa shape index (κ3) is 3.10. The molecule has 22 heavy (non-hydrogen) atoms. The van der Waals surface area contributed by atoms with Crippen LogP contribution in [0.5, 0.6) is 0 Å². The van der Waals surface area contributed by atoms with Gasteiger partial charge in [0.2, 0.25) is 0 Å². The monoisotopic (exact) mass is 336 g/mol. The molecular weight excluding hydrogens is 320 g/mol. The van der Waals surface area contributed by atoms with Crippen molar-refractivity contribution < 1.29 is 9.59 Å². The number of nitrogens with one attached hydrogen (secondary N) is 1. The highest BCUT2D eigenvalue weighted by Gasteiger charge is 2.27. The predicted molar refractivity (Wildman–Crippen MR) is 89.0 cm³/mol. The smallest absolute Gasteiger partial charge is 0.311 e. The van der Waals surface area contributed by atoms with E-state index < -0.39 is 11.8 Å². The first-order chi connectivity index (χ1) is 10.5. The molecule has 1 aromatic carbocycles. The van der Waals surface area contributed by atoms with E-state index in [1.807, 2.05) is 23.6 Å². The van der Waals surface area contributed by atoms with E-state index in [2.05, 4.69) is 12.2 Å². The molecular formula is C16H17ClN2O2S. The van der Waals surface area contributed by atoms with Crippen molar-refractivity contribution in [2.45, 2.75) is 19.9 Å². The second-order valence-electron chi connectivity index (χ2n) is 5.73. The molecule has 1 N–H and O–H groups in total. The molecule has 2 amide bonds. The van der Waals surface area contributed by atoms with Crippen LogP contribution in [0.25, 0.3) is 10.1 Å². The van der Waals surface area contributed by atoms with Crippen LogP contribution in [0.2, 0.25) is 5.02 Å². The van der Waals surface area contributed by atoms with E-state index in [4.69, 9.17) is 11.6 Å². The molecule has 1 aromatic heterocycles. The Morgan fingerprint density at radius 2 is 2.27 bits per heavy atom. The fourth-order valence-electron chi connectivity index (χ4n) is 2.71. The van der Waals surface area contributed by atoms with Crippen LogP contribution in [0, 0.1) is 5.92 Å². The number of hydrogen-bond acceptors (Lipinski definition) is 3. The summed E-state index contributed by atoms with van der Waals surface area (Å²) in [5.74, 6) is -0.489.